The topological polar surface area (TPSA) is 67.2 Å². The monoisotopic (exact) mass is 293 g/mol. The van der Waals surface area contributed by atoms with Crippen LogP contribution in [0.5, 0.6) is 5.75 Å². The third-order valence-electron chi connectivity index (χ3n) is 2.29. The van der Waals surface area contributed by atoms with Crippen molar-refractivity contribution in [1.29, 1.82) is 5.26 Å². The second-order valence-electron chi connectivity index (χ2n) is 3.60. The van der Waals surface area contributed by atoms with Crippen molar-refractivity contribution in [2.24, 2.45) is 0 Å². The Hall–Kier alpha value is -2.03. The van der Waals surface area contributed by atoms with E-state index in [0.717, 1.165) is 0 Å². The molecule has 0 unspecified atom stereocenters. The number of hydrogen-bond donors (Lipinski definition) is 0. The maximum Gasteiger partial charge on any atom is 0.339 e. The molecule has 0 aliphatic heterocycles. The lowest BCUT2D eigenvalue weighted by Gasteiger charge is -2.08. The lowest BCUT2D eigenvalue weighted by atomic mass is 10.2. The zero-order valence-corrected chi connectivity index (χ0v) is 11.1. The average Bonchev–Trinajstić information content (AvgIpc) is 2.39. The molecule has 0 aromatic heterocycles. The summed E-state index contributed by atoms with van der Waals surface area (Å²) < 4.78 is 29.0. The molecule has 2 aromatic rings. The maximum atomic E-state index is 12.0. The summed E-state index contributed by atoms with van der Waals surface area (Å²) in [6, 6.07) is 13.7. The van der Waals surface area contributed by atoms with Crippen molar-refractivity contribution < 1.29 is 12.6 Å². The molecule has 2 aromatic carbocycles. The van der Waals surface area contributed by atoms with E-state index in [4.69, 9.17) is 21.0 Å². The minimum Gasteiger partial charge on any atom is -0.378 e. The molecule has 0 fully saturated rings. The molecular formula is C13H8ClNO3S. The lowest BCUT2D eigenvalue weighted by molar-refractivity contribution is 0.485. The molecule has 0 spiro atoms. The van der Waals surface area contributed by atoms with E-state index in [9.17, 15) is 8.42 Å². The van der Waals surface area contributed by atoms with E-state index in [-0.39, 0.29) is 16.2 Å². The molecule has 0 saturated heterocycles. The van der Waals surface area contributed by atoms with Crippen LogP contribution in [0.4, 0.5) is 0 Å². The van der Waals surface area contributed by atoms with Gasteiger partial charge < -0.3 is 4.18 Å². The van der Waals surface area contributed by atoms with Crippen molar-refractivity contribution in [2.75, 3.05) is 0 Å². The van der Waals surface area contributed by atoms with Crippen molar-refractivity contribution in [3.05, 3.63) is 59.1 Å². The molecule has 19 heavy (non-hydrogen) atoms. The third-order valence-corrected chi connectivity index (χ3v) is 3.76. The summed E-state index contributed by atoms with van der Waals surface area (Å²) in [6.45, 7) is 0. The normalized spacial score (nSPS) is 10.7. The molecule has 0 radical (unpaired) electrons. The Labute approximate surface area is 115 Å². The number of halogens is 1. The Kier molecular flexibility index (Phi) is 3.74. The average molecular weight is 294 g/mol. The van der Waals surface area contributed by atoms with Crippen molar-refractivity contribution in [1.82, 2.24) is 0 Å². The Balaban J connectivity index is 2.40. The van der Waals surface area contributed by atoms with Crippen molar-refractivity contribution >= 4 is 21.7 Å². The Morgan fingerprint density at radius 3 is 2.53 bits per heavy atom. The van der Waals surface area contributed by atoms with Gasteiger partial charge in [-0.3, -0.25) is 0 Å². The van der Waals surface area contributed by atoms with Crippen LogP contribution in [0.3, 0.4) is 0 Å². The number of hydrogen-bond acceptors (Lipinski definition) is 4. The minimum absolute atomic E-state index is 0.00928. The summed E-state index contributed by atoms with van der Waals surface area (Å²) in [4.78, 5) is -0.0623. The van der Waals surface area contributed by atoms with Crippen LogP contribution >= 0.6 is 11.6 Å². The van der Waals surface area contributed by atoms with Crippen LogP contribution in [0.15, 0.2) is 53.4 Å². The van der Waals surface area contributed by atoms with Crippen LogP contribution < -0.4 is 4.18 Å². The van der Waals surface area contributed by atoms with Gasteiger partial charge in [-0.05, 0) is 30.3 Å². The molecule has 0 aliphatic carbocycles. The molecule has 0 atom stereocenters. The van der Waals surface area contributed by atoms with Gasteiger partial charge in [0.05, 0.1) is 5.56 Å². The van der Waals surface area contributed by atoms with E-state index in [1.54, 1.807) is 18.2 Å². The van der Waals surface area contributed by atoms with Gasteiger partial charge in [0.2, 0.25) is 0 Å². The first-order valence-corrected chi connectivity index (χ1v) is 7.01. The number of nitriles is 1. The van der Waals surface area contributed by atoms with Crippen molar-refractivity contribution in [2.45, 2.75) is 4.90 Å². The zero-order chi connectivity index (χ0) is 13.9. The van der Waals surface area contributed by atoms with Crippen LogP contribution in [0.1, 0.15) is 5.56 Å². The summed E-state index contributed by atoms with van der Waals surface area (Å²) in [5.41, 5.74) is 0.146. The van der Waals surface area contributed by atoms with Gasteiger partial charge in [0.15, 0.2) is 5.75 Å². The maximum absolute atomic E-state index is 12.0. The third kappa shape index (κ3) is 3.05. The van der Waals surface area contributed by atoms with E-state index < -0.39 is 10.1 Å². The van der Waals surface area contributed by atoms with Crippen molar-refractivity contribution in [3.8, 4) is 11.8 Å². The molecule has 0 aliphatic rings. The second kappa shape index (κ2) is 5.31. The second-order valence-corrected chi connectivity index (χ2v) is 5.59. The molecular weight excluding hydrogens is 286 g/mol. The van der Waals surface area contributed by atoms with E-state index in [2.05, 4.69) is 0 Å². The first-order valence-electron chi connectivity index (χ1n) is 5.22. The molecule has 0 amide bonds. The van der Waals surface area contributed by atoms with Crippen LogP contribution in [0, 0.1) is 11.3 Å². The highest BCUT2D eigenvalue weighted by atomic mass is 35.5. The van der Waals surface area contributed by atoms with E-state index in [0.29, 0.717) is 5.02 Å². The smallest absolute Gasteiger partial charge is 0.339 e. The summed E-state index contributed by atoms with van der Waals surface area (Å²) in [6.07, 6.45) is 0. The van der Waals surface area contributed by atoms with Crippen LogP contribution in [-0.4, -0.2) is 8.42 Å². The number of rotatable bonds is 3. The fraction of sp³-hybridized carbons (Fsp3) is 0. The number of benzene rings is 2. The standard InChI is InChI=1S/C13H8ClNO3S/c14-11-5-3-6-12(8-11)19(16,17)18-13-7-2-1-4-10(13)9-15/h1-8H. The summed E-state index contributed by atoms with van der Waals surface area (Å²) in [5, 5.41) is 9.17. The molecule has 0 saturated carbocycles. The van der Waals surface area contributed by atoms with Crippen molar-refractivity contribution in [3.63, 3.8) is 0 Å². The van der Waals surface area contributed by atoms with Gasteiger partial charge in [0, 0.05) is 5.02 Å². The largest absolute Gasteiger partial charge is 0.378 e. The quantitative estimate of drug-likeness (QED) is 0.816. The Morgan fingerprint density at radius 2 is 1.84 bits per heavy atom. The number of nitrogens with zero attached hydrogens (tertiary/aromatic N) is 1. The first-order chi connectivity index (χ1) is 9.03. The van der Waals surface area contributed by atoms with E-state index >= 15 is 0 Å². The highest BCUT2D eigenvalue weighted by Gasteiger charge is 2.18. The molecule has 2 rings (SSSR count). The zero-order valence-electron chi connectivity index (χ0n) is 9.58. The summed E-state index contributed by atoms with van der Waals surface area (Å²) >= 11 is 5.74. The molecule has 0 heterocycles. The summed E-state index contributed by atoms with van der Waals surface area (Å²) in [5.74, 6) is -0.00928. The Morgan fingerprint density at radius 1 is 1.11 bits per heavy atom. The van der Waals surface area contributed by atoms with E-state index in [1.807, 2.05) is 6.07 Å². The van der Waals surface area contributed by atoms with Gasteiger partial charge >= 0.3 is 10.1 Å². The van der Waals surface area contributed by atoms with Gasteiger partial charge in [-0.1, -0.05) is 29.8 Å². The first kappa shape index (κ1) is 13.4. The minimum atomic E-state index is -4.00. The van der Waals surface area contributed by atoms with E-state index in [1.165, 1.54) is 30.3 Å². The van der Waals surface area contributed by atoms with Gasteiger partial charge in [0.1, 0.15) is 11.0 Å². The van der Waals surface area contributed by atoms with Crippen LogP contribution in [-0.2, 0) is 10.1 Å². The molecule has 4 nitrogen and oxygen atoms in total. The molecule has 96 valence electrons. The SMILES string of the molecule is N#Cc1ccccc1OS(=O)(=O)c1cccc(Cl)c1. The molecule has 0 N–H and O–H groups in total. The van der Waals surface area contributed by atoms with Crippen LogP contribution in [0.2, 0.25) is 5.02 Å². The fourth-order valence-electron chi connectivity index (χ4n) is 1.42. The number of para-hydroxylation sites is 1. The highest BCUT2D eigenvalue weighted by molar-refractivity contribution is 7.87. The van der Waals surface area contributed by atoms with Crippen LogP contribution in [0.25, 0.3) is 0 Å². The fourth-order valence-corrected chi connectivity index (χ4v) is 2.67. The Bertz CT molecular complexity index is 750. The molecule has 0 bridgehead atoms. The van der Waals surface area contributed by atoms with Gasteiger partial charge in [-0.2, -0.15) is 13.7 Å². The summed E-state index contributed by atoms with van der Waals surface area (Å²) in [7, 11) is -4.00. The van der Waals surface area contributed by atoms with Gasteiger partial charge in [-0.25, -0.2) is 0 Å². The van der Waals surface area contributed by atoms with Gasteiger partial charge in [-0.15, -0.1) is 0 Å². The highest BCUT2D eigenvalue weighted by Crippen LogP contribution is 2.23. The lowest BCUT2D eigenvalue weighted by Crippen LogP contribution is -2.10. The predicted molar refractivity (Wildman–Crippen MR) is 70.4 cm³/mol. The predicted octanol–water partition coefficient (Wildman–Crippen LogP) is 2.98. The van der Waals surface area contributed by atoms with Gasteiger partial charge in [0.25, 0.3) is 0 Å². The molecule has 6 heteroatoms.